The summed E-state index contributed by atoms with van der Waals surface area (Å²) in [6, 6.07) is 0. The van der Waals surface area contributed by atoms with Crippen LogP contribution in [0.3, 0.4) is 0 Å². The summed E-state index contributed by atoms with van der Waals surface area (Å²) in [4.78, 5) is 12.5. The number of rotatable bonds is 5. The molecule has 3 unspecified atom stereocenters. The van der Waals surface area contributed by atoms with Gasteiger partial charge >= 0.3 is 5.97 Å². The van der Waals surface area contributed by atoms with Gasteiger partial charge in [0.15, 0.2) is 0 Å². The van der Waals surface area contributed by atoms with Crippen LogP contribution in [0.15, 0.2) is 0 Å². The van der Waals surface area contributed by atoms with Crippen LogP contribution in [0.25, 0.3) is 0 Å². The molecule has 0 heterocycles. The fourth-order valence-corrected chi connectivity index (χ4v) is 3.39. The minimum Gasteiger partial charge on any atom is -0.465 e. The SMILES string of the molecule is C#CCNC1(C(=O)OCC)CC(C)CCC1C(C)C. The van der Waals surface area contributed by atoms with Crippen LogP contribution in [-0.2, 0) is 9.53 Å². The summed E-state index contributed by atoms with van der Waals surface area (Å²) in [6.45, 7) is 9.22. The van der Waals surface area contributed by atoms with E-state index in [2.05, 4.69) is 32.0 Å². The van der Waals surface area contributed by atoms with E-state index >= 15 is 0 Å². The Morgan fingerprint density at radius 3 is 2.74 bits per heavy atom. The van der Waals surface area contributed by atoms with Crippen LogP contribution < -0.4 is 5.32 Å². The Morgan fingerprint density at radius 2 is 2.21 bits per heavy atom. The second-order valence-electron chi connectivity index (χ2n) is 5.99. The van der Waals surface area contributed by atoms with Crippen molar-refractivity contribution in [2.75, 3.05) is 13.2 Å². The quantitative estimate of drug-likeness (QED) is 0.613. The number of esters is 1. The van der Waals surface area contributed by atoms with E-state index in [4.69, 9.17) is 11.2 Å². The lowest BCUT2D eigenvalue weighted by molar-refractivity contribution is -0.158. The van der Waals surface area contributed by atoms with Gasteiger partial charge in [-0.25, -0.2) is 0 Å². The molecule has 3 nitrogen and oxygen atoms in total. The van der Waals surface area contributed by atoms with E-state index in [1.807, 2.05) is 6.92 Å². The van der Waals surface area contributed by atoms with Crippen LogP contribution in [0, 0.1) is 30.1 Å². The zero-order chi connectivity index (χ0) is 14.5. The fourth-order valence-electron chi connectivity index (χ4n) is 3.39. The third-order valence-electron chi connectivity index (χ3n) is 4.22. The van der Waals surface area contributed by atoms with Gasteiger partial charge in [-0.2, -0.15) is 0 Å². The second kappa shape index (κ2) is 6.96. The Morgan fingerprint density at radius 1 is 1.53 bits per heavy atom. The predicted molar refractivity (Wildman–Crippen MR) is 77.5 cm³/mol. The summed E-state index contributed by atoms with van der Waals surface area (Å²) in [6.07, 6.45) is 8.41. The molecule has 1 N–H and O–H groups in total. The van der Waals surface area contributed by atoms with Crippen LogP contribution in [0.5, 0.6) is 0 Å². The molecule has 1 aliphatic carbocycles. The molecule has 1 aliphatic rings. The Kier molecular flexibility index (Phi) is 5.87. The standard InChI is InChI=1S/C16H27NO2/c1-6-10-17-16(15(18)19-7-2)11-13(5)8-9-14(16)12(3)4/h1,12-14,17H,7-11H2,2-5H3. The molecule has 0 aromatic rings. The molecular formula is C16H27NO2. The number of ether oxygens (including phenoxy) is 1. The van der Waals surface area contributed by atoms with E-state index in [0.717, 1.165) is 12.8 Å². The molecule has 1 saturated carbocycles. The molecule has 0 radical (unpaired) electrons. The summed E-state index contributed by atoms with van der Waals surface area (Å²) >= 11 is 0. The number of nitrogens with one attached hydrogen (secondary N) is 1. The van der Waals surface area contributed by atoms with E-state index in [-0.39, 0.29) is 11.9 Å². The zero-order valence-electron chi connectivity index (χ0n) is 12.7. The first-order valence-corrected chi connectivity index (χ1v) is 7.33. The maximum atomic E-state index is 12.5. The molecule has 0 bridgehead atoms. The lowest BCUT2D eigenvalue weighted by Crippen LogP contribution is -2.62. The van der Waals surface area contributed by atoms with Crippen LogP contribution in [0.2, 0.25) is 0 Å². The number of hydrogen-bond acceptors (Lipinski definition) is 3. The third kappa shape index (κ3) is 3.51. The molecule has 0 amide bonds. The topological polar surface area (TPSA) is 38.3 Å². The van der Waals surface area contributed by atoms with Crippen LogP contribution >= 0.6 is 0 Å². The van der Waals surface area contributed by atoms with E-state index < -0.39 is 5.54 Å². The highest BCUT2D eigenvalue weighted by Gasteiger charge is 2.50. The first kappa shape index (κ1) is 16.0. The van der Waals surface area contributed by atoms with Crippen molar-refractivity contribution >= 4 is 5.97 Å². The Labute approximate surface area is 117 Å². The second-order valence-corrected chi connectivity index (χ2v) is 5.99. The summed E-state index contributed by atoms with van der Waals surface area (Å²) in [7, 11) is 0. The van der Waals surface area contributed by atoms with Gasteiger partial charge < -0.3 is 4.74 Å². The fraction of sp³-hybridized carbons (Fsp3) is 0.812. The van der Waals surface area contributed by atoms with Crippen molar-refractivity contribution in [3.05, 3.63) is 0 Å². The van der Waals surface area contributed by atoms with Gasteiger partial charge in [-0.1, -0.05) is 33.1 Å². The Balaban J connectivity index is 3.07. The normalized spacial score (nSPS) is 30.9. The van der Waals surface area contributed by atoms with E-state index in [1.54, 1.807) is 0 Å². The maximum Gasteiger partial charge on any atom is 0.326 e. The summed E-state index contributed by atoms with van der Waals surface area (Å²) in [5, 5.41) is 3.32. The van der Waals surface area contributed by atoms with E-state index in [9.17, 15) is 4.79 Å². The Hall–Kier alpha value is -1.01. The predicted octanol–water partition coefficient (Wildman–Crippen LogP) is 2.60. The molecular weight excluding hydrogens is 238 g/mol. The van der Waals surface area contributed by atoms with Gasteiger partial charge in [-0.15, -0.1) is 6.42 Å². The van der Waals surface area contributed by atoms with Gasteiger partial charge in [0.1, 0.15) is 5.54 Å². The number of terminal acetylenes is 1. The average molecular weight is 265 g/mol. The molecule has 1 fully saturated rings. The van der Waals surface area contributed by atoms with E-state index in [0.29, 0.717) is 25.0 Å². The van der Waals surface area contributed by atoms with Gasteiger partial charge in [-0.3, -0.25) is 10.1 Å². The summed E-state index contributed by atoms with van der Waals surface area (Å²) in [5.74, 6) is 3.70. The molecule has 1 rings (SSSR count). The third-order valence-corrected chi connectivity index (χ3v) is 4.22. The van der Waals surface area contributed by atoms with Gasteiger partial charge in [0.25, 0.3) is 0 Å². The number of carbonyl (C=O) groups is 1. The summed E-state index contributed by atoms with van der Waals surface area (Å²) in [5.41, 5.74) is -0.603. The molecule has 3 heteroatoms. The first-order chi connectivity index (χ1) is 8.97. The van der Waals surface area contributed by atoms with Crippen molar-refractivity contribution in [3.63, 3.8) is 0 Å². The average Bonchev–Trinajstić information content (AvgIpc) is 2.36. The number of carbonyl (C=O) groups excluding carboxylic acids is 1. The molecule has 0 aromatic heterocycles. The largest absolute Gasteiger partial charge is 0.465 e. The molecule has 108 valence electrons. The van der Waals surface area contributed by atoms with Crippen LogP contribution in [-0.4, -0.2) is 24.7 Å². The van der Waals surface area contributed by atoms with Gasteiger partial charge in [0.2, 0.25) is 0 Å². The van der Waals surface area contributed by atoms with Crippen molar-refractivity contribution in [2.45, 2.75) is 52.5 Å². The van der Waals surface area contributed by atoms with Crippen molar-refractivity contribution in [3.8, 4) is 12.3 Å². The molecule has 0 aliphatic heterocycles. The zero-order valence-corrected chi connectivity index (χ0v) is 12.7. The molecule has 0 spiro atoms. The van der Waals surface area contributed by atoms with Gasteiger partial charge in [0.05, 0.1) is 13.2 Å². The minimum atomic E-state index is -0.603. The smallest absolute Gasteiger partial charge is 0.326 e. The highest BCUT2D eigenvalue weighted by molar-refractivity contribution is 5.81. The van der Waals surface area contributed by atoms with Crippen molar-refractivity contribution < 1.29 is 9.53 Å². The van der Waals surface area contributed by atoms with Crippen molar-refractivity contribution in [2.24, 2.45) is 17.8 Å². The maximum absolute atomic E-state index is 12.5. The monoisotopic (exact) mass is 265 g/mol. The minimum absolute atomic E-state index is 0.129. The lowest BCUT2D eigenvalue weighted by Gasteiger charge is -2.46. The first-order valence-electron chi connectivity index (χ1n) is 7.33. The lowest BCUT2D eigenvalue weighted by atomic mass is 9.65. The van der Waals surface area contributed by atoms with Crippen molar-refractivity contribution in [1.82, 2.24) is 5.32 Å². The van der Waals surface area contributed by atoms with Crippen LogP contribution in [0.1, 0.15) is 47.0 Å². The summed E-state index contributed by atoms with van der Waals surface area (Å²) < 4.78 is 5.34. The molecule has 0 saturated heterocycles. The van der Waals surface area contributed by atoms with Gasteiger partial charge in [0, 0.05) is 0 Å². The Bertz CT molecular complexity index is 345. The molecule has 19 heavy (non-hydrogen) atoms. The van der Waals surface area contributed by atoms with Crippen LogP contribution in [0.4, 0.5) is 0 Å². The molecule has 3 atom stereocenters. The highest BCUT2D eigenvalue weighted by atomic mass is 16.5. The highest BCUT2D eigenvalue weighted by Crippen LogP contribution is 2.41. The van der Waals surface area contributed by atoms with Gasteiger partial charge in [-0.05, 0) is 37.5 Å². The molecule has 0 aromatic carbocycles. The number of hydrogen-bond donors (Lipinski definition) is 1. The van der Waals surface area contributed by atoms with E-state index in [1.165, 1.54) is 6.42 Å². The van der Waals surface area contributed by atoms with Crippen molar-refractivity contribution in [1.29, 1.82) is 0 Å².